The fraction of sp³-hybridized carbons (Fsp3) is 0.0870. The van der Waals surface area contributed by atoms with Crippen molar-refractivity contribution in [2.24, 2.45) is 0 Å². The second-order valence-electron chi connectivity index (χ2n) is 6.74. The molecule has 4 heteroatoms. The Morgan fingerprint density at radius 3 is 2.59 bits per heavy atom. The van der Waals surface area contributed by atoms with E-state index in [1.807, 2.05) is 29.6 Å². The molecular formula is C23H16FNOS. The molecule has 2 heterocycles. The van der Waals surface area contributed by atoms with E-state index in [4.69, 9.17) is 0 Å². The summed E-state index contributed by atoms with van der Waals surface area (Å²) in [4.78, 5) is 13.6. The van der Waals surface area contributed by atoms with Crippen LogP contribution in [-0.2, 0) is 4.79 Å². The van der Waals surface area contributed by atoms with Crippen LogP contribution in [0.2, 0.25) is 0 Å². The predicted octanol–water partition coefficient (Wildman–Crippen LogP) is 6.18. The molecule has 0 spiro atoms. The molecule has 132 valence electrons. The third-order valence-electron chi connectivity index (χ3n) is 5.15. The van der Waals surface area contributed by atoms with E-state index in [-0.39, 0.29) is 17.6 Å². The minimum absolute atomic E-state index is 0.0228. The van der Waals surface area contributed by atoms with Crippen LogP contribution in [0.5, 0.6) is 0 Å². The summed E-state index contributed by atoms with van der Waals surface area (Å²) in [5, 5.41) is 7.26. The van der Waals surface area contributed by atoms with Crippen molar-refractivity contribution in [1.82, 2.24) is 0 Å². The molecule has 1 aromatic heterocycles. The van der Waals surface area contributed by atoms with Gasteiger partial charge in [-0.05, 0) is 22.4 Å². The number of carbonyl (C=O) groups is 1. The van der Waals surface area contributed by atoms with Crippen LogP contribution in [0.25, 0.3) is 21.9 Å². The van der Waals surface area contributed by atoms with E-state index in [1.54, 1.807) is 23.5 Å². The van der Waals surface area contributed by atoms with Gasteiger partial charge in [-0.3, -0.25) is 4.79 Å². The Bertz CT molecular complexity index is 1170. The minimum Gasteiger partial charge on any atom is -0.325 e. The number of rotatable bonds is 2. The quantitative estimate of drug-likeness (QED) is 0.446. The third-order valence-corrected chi connectivity index (χ3v) is 6.25. The highest BCUT2D eigenvalue weighted by Gasteiger charge is 2.31. The van der Waals surface area contributed by atoms with Crippen molar-refractivity contribution >= 4 is 33.7 Å². The van der Waals surface area contributed by atoms with Crippen molar-refractivity contribution < 1.29 is 9.18 Å². The van der Waals surface area contributed by atoms with Gasteiger partial charge in [0.05, 0.1) is 5.69 Å². The first-order chi connectivity index (χ1) is 13.2. The van der Waals surface area contributed by atoms with E-state index >= 15 is 0 Å². The second kappa shape index (κ2) is 6.32. The number of amides is 1. The van der Waals surface area contributed by atoms with Gasteiger partial charge in [-0.1, -0.05) is 60.7 Å². The summed E-state index contributed by atoms with van der Waals surface area (Å²) >= 11 is 1.59. The van der Waals surface area contributed by atoms with Gasteiger partial charge in [0.2, 0.25) is 5.91 Å². The lowest BCUT2D eigenvalue weighted by Crippen LogP contribution is -2.22. The number of hydrogen-bond donors (Lipinski definition) is 1. The van der Waals surface area contributed by atoms with Gasteiger partial charge in [0, 0.05) is 33.7 Å². The highest BCUT2D eigenvalue weighted by atomic mass is 32.1. The second-order valence-corrected chi connectivity index (χ2v) is 7.65. The fourth-order valence-electron chi connectivity index (χ4n) is 3.91. The molecule has 1 atom stereocenters. The van der Waals surface area contributed by atoms with Crippen molar-refractivity contribution in [2.75, 3.05) is 5.32 Å². The van der Waals surface area contributed by atoms with Gasteiger partial charge in [-0.25, -0.2) is 4.39 Å². The zero-order valence-electron chi connectivity index (χ0n) is 14.4. The molecule has 0 saturated heterocycles. The summed E-state index contributed by atoms with van der Waals surface area (Å²) in [7, 11) is 0. The summed E-state index contributed by atoms with van der Waals surface area (Å²) in [5.74, 6) is -0.332. The fourth-order valence-corrected chi connectivity index (χ4v) is 5.05. The predicted molar refractivity (Wildman–Crippen MR) is 109 cm³/mol. The Morgan fingerprint density at radius 1 is 0.926 bits per heavy atom. The average Bonchev–Trinajstić information content (AvgIpc) is 3.11. The zero-order valence-corrected chi connectivity index (χ0v) is 15.2. The Balaban J connectivity index is 1.70. The Morgan fingerprint density at radius 2 is 1.70 bits per heavy atom. The standard InChI is InChI=1S/C23H16FNOS/c24-20-11-4-3-9-17(20)19-13-27-23-18(12-21(26)25-22(19)23)16-10-5-7-14-6-1-2-8-15(14)16/h1-11,13,18H,12H2,(H,25,26)/t18-/m1/s1. The molecule has 1 N–H and O–H groups in total. The van der Waals surface area contributed by atoms with Gasteiger partial charge in [-0.2, -0.15) is 0 Å². The number of carbonyl (C=O) groups excluding carboxylic acids is 1. The molecule has 1 amide bonds. The molecule has 5 rings (SSSR count). The SMILES string of the molecule is O=C1C[C@H](c2cccc3ccccc23)c2scc(-c3ccccc3F)c2N1. The van der Waals surface area contributed by atoms with E-state index < -0.39 is 0 Å². The molecular weight excluding hydrogens is 357 g/mol. The highest BCUT2D eigenvalue weighted by Crippen LogP contribution is 2.48. The number of thiophene rings is 1. The molecule has 0 radical (unpaired) electrons. The maximum absolute atomic E-state index is 14.3. The van der Waals surface area contributed by atoms with E-state index in [2.05, 4.69) is 29.6 Å². The Kier molecular flexibility index (Phi) is 3.80. The molecule has 2 nitrogen and oxygen atoms in total. The molecule has 3 aromatic carbocycles. The molecule has 0 unspecified atom stereocenters. The molecule has 0 fully saturated rings. The van der Waals surface area contributed by atoms with Crippen LogP contribution >= 0.6 is 11.3 Å². The van der Waals surface area contributed by atoms with Crippen molar-refractivity contribution in [3.63, 3.8) is 0 Å². The van der Waals surface area contributed by atoms with Crippen LogP contribution in [0.4, 0.5) is 10.1 Å². The number of fused-ring (bicyclic) bond motifs is 2. The van der Waals surface area contributed by atoms with Crippen LogP contribution in [-0.4, -0.2) is 5.91 Å². The first-order valence-corrected chi connectivity index (χ1v) is 9.74. The van der Waals surface area contributed by atoms with Gasteiger partial charge in [-0.15, -0.1) is 11.3 Å². The van der Waals surface area contributed by atoms with E-state index in [9.17, 15) is 9.18 Å². The largest absolute Gasteiger partial charge is 0.325 e. The van der Waals surface area contributed by atoms with Crippen LogP contribution in [0.1, 0.15) is 22.8 Å². The number of anilines is 1. The molecule has 1 aliphatic rings. The molecule has 4 aromatic rings. The molecule has 27 heavy (non-hydrogen) atoms. The maximum Gasteiger partial charge on any atom is 0.225 e. The smallest absolute Gasteiger partial charge is 0.225 e. The van der Waals surface area contributed by atoms with Gasteiger partial charge >= 0.3 is 0 Å². The Hall–Kier alpha value is -2.98. The average molecular weight is 373 g/mol. The van der Waals surface area contributed by atoms with E-state index in [0.29, 0.717) is 12.0 Å². The third kappa shape index (κ3) is 2.64. The van der Waals surface area contributed by atoms with Crippen molar-refractivity contribution in [2.45, 2.75) is 12.3 Å². The van der Waals surface area contributed by atoms with Crippen molar-refractivity contribution in [1.29, 1.82) is 0 Å². The molecule has 0 bridgehead atoms. The summed E-state index contributed by atoms with van der Waals surface area (Å²) in [6, 6.07) is 21.1. The van der Waals surface area contributed by atoms with E-state index in [0.717, 1.165) is 32.5 Å². The minimum atomic E-state index is -0.278. The summed E-state index contributed by atoms with van der Waals surface area (Å²) in [6.07, 6.45) is 0.401. The summed E-state index contributed by atoms with van der Waals surface area (Å²) in [6.45, 7) is 0. The summed E-state index contributed by atoms with van der Waals surface area (Å²) < 4.78 is 14.3. The molecule has 1 aliphatic heterocycles. The lowest BCUT2D eigenvalue weighted by atomic mass is 9.86. The van der Waals surface area contributed by atoms with Crippen molar-refractivity contribution in [3.8, 4) is 11.1 Å². The van der Waals surface area contributed by atoms with Crippen LogP contribution in [0.15, 0.2) is 72.1 Å². The molecule has 0 aliphatic carbocycles. The lowest BCUT2D eigenvalue weighted by molar-refractivity contribution is -0.116. The first-order valence-electron chi connectivity index (χ1n) is 8.86. The zero-order chi connectivity index (χ0) is 18.4. The van der Waals surface area contributed by atoms with Crippen molar-refractivity contribution in [3.05, 3.63) is 88.4 Å². The number of hydrogen-bond acceptors (Lipinski definition) is 2. The normalized spacial score (nSPS) is 16.2. The van der Waals surface area contributed by atoms with Crippen LogP contribution in [0, 0.1) is 5.82 Å². The van der Waals surface area contributed by atoms with Gasteiger partial charge in [0.15, 0.2) is 0 Å². The highest BCUT2D eigenvalue weighted by molar-refractivity contribution is 7.11. The van der Waals surface area contributed by atoms with E-state index in [1.165, 1.54) is 6.07 Å². The van der Waals surface area contributed by atoms with Gasteiger partial charge < -0.3 is 5.32 Å². The number of nitrogens with one attached hydrogen (secondary N) is 1. The van der Waals surface area contributed by atoms with Crippen LogP contribution in [0.3, 0.4) is 0 Å². The lowest BCUT2D eigenvalue weighted by Gasteiger charge is -2.25. The van der Waals surface area contributed by atoms with Gasteiger partial charge in [0.1, 0.15) is 5.82 Å². The van der Waals surface area contributed by atoms with Crippen LogP contribution < -0.4 is 5.32 Å². The maximum atomic E-state index is 14.3. The number of halogens is 1. The van der Waals surface area contributed by atoms with Gasteiger partial charge in [0.25, 0.3) is 0 Å². The topological polar surface area (TPSA) is 29.1 Å². The molecule has 0 saturated carbocycles. The Labute approximate surface area is 160 Å². The number of benzene rings is 3. The summed E-state index contributed by atoms with van der Waals surface area (Å²) in [5.41, 5.74) is 3.17. The first kappa shape index (κ1) is 16.2. The monoisotopic (exact) mass is 373 g/mol.